The summed E-state index contributed by atoms with van der Waals surface area (Å²) in [6.07, 6.45) is 5.18. The lowest BCUT2D eigenvalue weighted by Crippen LogP contribution is -2.12. The van der Waals surface area contributed by atoms with E-state index in [-0.39, 0.29) is 5.91 Å². The monoisotopic (exact) mass is 386 g/mol. The highest BCUT2D eigenvalue weighted by molar-refractivity contribution is 5.84. The van der Waals surface area contributed by atoms with Gasteiger partial charge < -0.3 is 5.73 Å². The normalized spacial score (nSPS) is 14.0. The molecule has 1 aromatic carbocycles. The van der Waals surface area contributed by atoms with E-state index >= 15 is 0 Å². The van der Waals surface area contributed by atoms with Crippen molar-refractivity contribution < 1.29 is 4.79 Å². The number of hydrogen-bond acceptors (Lipinski definition) is 5. The largest absolute Gasteiger partial charge is 0.370 e. The van der Waals surface area contributed by atoms with Gasteiger partial charge >= 0.3 is 0 Å². The van der Waals surface area contributed by atoms with Gasteiger partial charge in [0.1, 0.15) is 11.2 Å². The molecular weight excluding hydrogens is 364 g/mol. The number of rotatable bonds is 6. The van der Waals surface area contributed by atoms with E-state index in [9.17, 15) is 4.79 Å². The Morgan fingerprint density at radius 1 is 1.14 bits per heavy atom. The number of para-hydroxylation sites is 2. The number of pyridine rings is 1. The third kappa shape index (κ3) is 3.33. The Balaban J connectivity index is 1.61. The molecule has 1 aliphatic rings. The molecule has 29 heavy (non-hydrogen) atoms. The van der Waals surface area contributed by atoms with E-state index in [0.717, 1.165) is 39.1 Å². The van der Waals surface area contributed by atoms with Gasteiger partial charge in [0.25, 0.3) is 0 Å². The number of carbonyl (C=O) groups excluding carboxylic acids is 1. The number of fused-ring (bicyclic) bond motifs is 2. The Morgan fingerprint density at radius 2 is 1.90 bits per heavy atom. The Hall–Kier alpha value is -3.35. The number of nitrogens with two attached hydrogens (primary N) is 1. The van der Waals surface area contributed by atoms with Crippen molar-refractivity contribution in [2.45, 2.75) is 45.1 Å². The fourth-order valence-corrected chi connectivity index (χ4v) is 3.86. The maximum Gasteiger partial charge on any atom is 0.217 e. The molecule has 1 fully saturated rings. The van der Waals surface area contributed by atoms with E-state index in [1.807, 2.05) is 35.9 Å². The first-order chi connectivity index (χ1) is 14.1. The zero-order valence-electron chi connectivity index (χ0n) is 16.3. The van der Waals surface area contributed by atoms with Crippen LogP contribution in [0.4, 0.5) is 0 Å². The highest BCUT2D eigenvalue weighted by Crippen LogP contribution is 2.44. The van der Waals surface area contributed by atoms with E-state index in [2.05, 4.69) is 11.2 Å². The van der Waals surface area contributed by atoms with Crippen LogP contribution < -0.4 is 5.73 Å². The Morgan fingerprint density at radius 3 is 2.62 bits per heavy atom. The smallest absolute Gasteiger partial charge is 0.217 e. The van der Waals surface area contributed by atoms with Gasteiger partial charge in [0, 0.05) is 13.0 Å². The minimum absolute atomic E-state index is 0.283. The van der Waals surface area contributed by atoms with Crippen LogP contribution in [0, 0.1) is 6.92 Å². The Kier molecular flexibility index (Phi) is 4.23. The van der Waals surface area contributed by atoms with Gasteiger partial charge in [-0.05, 0) is 55.9 Å². The van der Waals surface area contributed by atoms with Gasteiger partial charge in [0.05, 0.1) is 34.1 Å². The predicted molar refractivity (Wildman–Crippen MR) is 111 cm³/mol. The molecule has 3 aromatic heterocycles. The SMILES string of the molecule is Cc1nc2ccccc2nc1-c1cc(C2CC2)c2c(cnn2CCCC(N)=O)n1. The van der Waals surface area contributed by atoms with Gasteiger partial charge in [-0.15, -0.1) is 0 Å². The Labute approximate surface area is 168 Å². The average Bonchev–Trinajstić information content (AvgIpc) is 3.47. The van der Waals surface area contributed by atoms with E-state index in [4.69, 9.17) is 20.7 Å². The first-order valence-corrected chi connectivity index (χ1v) is 9.98. The number of carbonyl (C=O) groups is 1. The van der Waals surface area contributed by atoms with Crippen molar-refractivity contribution in [3.05, 3.63) is 47.8 Å². The zero-order chi connectivity index (χ0) is 20.0. The van der Waals surface area contributed by atoms with Crippen LogP contribution in [-0.4, -0.2) is 30.6 Å². The van der Waals surface area contributed by atoms with E-state index < -0.39 is 0 Å². The lowest BCUT2D eigenvalue weighted by atomic mass is 10.1. The van der Waals surface area contributed by atoms with Gasteiger partial charge in [-0.2, -0.15) is 5.10 Å². The van der Waals surface area contributed by atoms with Crippen LogP contribution in [0.5, 0.6) is 0 Å². The quantitative estimate of drug-likeness (QED) is 0.547. The number of nitrogens with zero attached hydrogens (tertiary/aromatic N) is 5. The molecule has 146 valence electrons. The third-order valence-electron chi connectivity index (χ3n) is 5.42. The van der Waals surface area contributed by atoms with Crippen LogP contribution in [0.2, 0.25) is 0 Å². The summed E-state index contributed by atoms with van der Waals surface area (Å²) < 4.78 is 1.96. The predicted octanol–water partition coefficient (Wildman–Crippen LogP) is 3.49. The van der Waals surface area contributed by atoms with Crippen molar-refractivity contribution in [3.8, 4) is 11.4 Å². The van der Waals surface area contributed by atoms with E-state index in [0.29, 0.717) is 25.3 Å². The molecule has 7 heteroatoms. The standard InChI is InChI=1S/C22H22N6O/c1-13-21(27-17-6-3-2-5-16(17)25-13)18-11-15(14-8-9-14)22-19(26-18)12-24-28(22)10-4-7-20(23)29/h2-3,5-6,11-12,14H,4,7-10H2,1H3,(H2,23,29). The van der Waals surface area contributed by atoms with Crippen LogP contribution in [0.1, 0.15) is 42.9 Å². The second-order valence-electron chi connectivity index (χ2n) is 7.69. The molecule has 1 amide bonds. The first-order valence-electron chi connectivity index (χ1n) is 9.98. The molecule has 4 aromatic rings. The highest BCUT2D eigenvalue weighted by atomic mass is 16.1. The number of aromatic nitrogens is 5. The molecule has 0 atom stereocenters. The molecule has 3 heterocycles. The fraction of sp³-hybridized carbons (Fsp3) is 0.318. The van der Waals surface area contributed by atoms with Crippen molar-refractivity contribution in [2.75, 3.05) is 0 Å². The van der Waals surface area contributed by atoms with Crippen molar-refractivity contribution in [1.29, 1.82) is 0 Å². The maximum atomic E-state index is 11.1. The van der Waals surface area contributed by atoms with Crippen molar-refractivity contribution in [2.24, 2.45) is 5.73 Å². The van der Waals surface area contributed by atoms with Crippen LogP contribution in [0.25, 0.3) is 33.5 Å². The molecule has 1 saturated carbocycles. The van der Waals surface area contributed by atoms with Gasteiger partial charge in [-0.3, -0.25) is 9.48 Å². The third-order valence-corrected chi connectivity index (χ3v) is 5.42. The number of amides is 1. The van der Waals surface area contributed by atoms with Gasteiger partial charge in [0.2, 0.25) is 5.91 Å². The summed E-state index contributed by atoms with van der Waals surface area (Å²) in [5.74, 6) is 0.245. The molecule has 0 bridgehead atoms. The minimum Gasteiger partial charge on any atom is -0.370 e. The van der Waals surface area contributed by atoms with Crippen LogP contribution in [0.3, 0.4) is 0 Å². The molecule has 5 rings (SSSR count). The van der Waals surface area contributed by atoms with Crippen LogP contribution in [0.15, 0.2) is 36.5 Å². The molecule has 0 radical (unpaired) electrons. The Bertz CT molecular complexity index is 1240. The topological polar surface area (TPSA) is 99.6 Å². The van der Waals surface area contributed by atoms with E-state index in [1.165, 1.54) is 18.4 Å². The molecule has 7 nitrogen and oxygen atoms in total. The first kappa shape index (κ1) is 17.7. The summed E-state index contributed by atoms with van der Waals surface area (Å²) in [7, 11) is 0. The molecule has 2 N–H and O–H groups in total. The number of aryl methyl sites for hydroxylation is 2. The van der Waals surface area contributed by atoms with Gasteiger partial charge in [-0.1, -0.05) is 12.1 Å². The summed E-state index contributed by atoms with van der Waals surface area (Å²) in [4.78, 5) is 25.5. The second kappa shape index (κ2) is 6.92. The average molecular weight is 386 g/mol. The van der Waals surface area contributed by atoms with E-state index in [1.54, 1.807) is 6.20 Å². The molecule has 0 spiro atoms. The number of primary amides is 1. The van der Waals surface area contributed by atoms with Crippen molar-refractivity contribution in [1.82, 2.24) is 24.7 Å². The van der Waals surface area contributed by atoms with Gasteiger partial charge in [-0.25, -0.2) is 15.0 Å². The summed E-state index contributed by atoms with van der Waals surface area (Å²) in [5.41, 5.74) is 12.7. The van der Waals surface area contributed by atoms with Crippen LogP contribution >= 0.6 is 0 Å². The summed E-state index contributed by atoms with van der Waals surface area (Å²) >= 11 is 0. The van der Waals surface area contributed by atoms with Gasteiger partial charge in [0.15, 0.2) is 0 Å². The van der Waals surface area contributed by atoms with Crippen molar-refractivity contribution >= 4 is 28.0 Å². The second-order valence-corrected chi connectivity index (χ2v) is 7.69. The van der Waals surface area contributed by atoms with Crippen molar-refractivity contribution in [3.63, 3.8) is 0 Å². The molecule has 0 saturated heterocycles. The van der Waals surface area contributed by atoms with Crippen LogP contribution in [-0.2, 0) is 11.3 Å². The molecule has 0 unspecified atom stereocenters. The maximum absolute atomic E-state index is 11.1. The summed E-state index contributed by atoms with van der Waals surface area (Å²) in [6, 6.07) is 10.0. The molecule has 1 aliphatic carbocycles. The number of benzene rings is 1. The highest BCUT2D eigenvalue weighted by Gasteiger charge is 2.28. The lowest BCUT2D eigenvalue weighted by Gasteiger charge is -2.11. The number of hydrogen-bond donors (Lipinski definition) is 1. The molecule has 0 aliphatic heterocycles. The fourth-order valence-electron chi connectivity index (χ4n) is 3.86. The minimum atomic E-state index is -0.283. The lowest BCUT2D eigenvalue weighted by molar-refractivity contribution is -0.118. The summed E-state index contributed by atoms with van der Waals surface area (Å²) in [6.45, 7) is 2.63. The summed E-state index contributed by atoms with van der Waals surface area (Å²) in [5, 5.41) is 4.54. The zero-order valence-corrected chi connectivity index (χ0v) is 16.3. The molecular formula is C22H22N6O.